The van der Waals surface area contributed by atoms with Gasteiger partial charge in [-0.15, -0.1) is 10.2 Å². The molecule has 0 aliphatic rings. The third-order valence-corrected chi connectivity index (χ3v) is 3.54. The summed E-state index contributed by atoms with van der Waals surface area (Å²) in [6, 6.07) is 10.9. The van der Waals surface area contributed by atoms with Crippen molar-refractivity contribution in [2.75, 3.05) is 0 Å². The number of pyridine rings is 1. The fourth-order valence-electron chi connectivity index (χ4n) is 2.47. The standard InChI is InChI=1S/C16H13N5O/c1-20-9-13(8-17-20)12-5-6-15-18-19-16(21(15)10-12)11-3-2-4-14(22)7-11/h2-10,22H,1H3. The average Bonchev–Trinajstić information content (AvgIpc) is 3.12. The van der Waals surface area contributed by atoms with Crippen LogP contribution in [0.2, 0.25) is 0 Å². The van der Waals surface area contributed by atoms with Gasteiger partial charge in [0.25, 0.3) is 0 Å². The molecule has 3 aromatic heterocycles. The Hall–Kier alpha value is -3.15. The van der Waals surface area contributed by atoms with E-state index in [9.17, 15) is 5.11 Å². The molecule has 0 bridgehead atoms. The molecule has 0 spiro atoms. The molecule has 1 N–H and O–H groups in total. The van der Waals surface area contributed by atoms with E-state index in [0.29, 0.717) is 5.82 Å². The summed E-state index contributed by atoms with van der Waals surface area (Å²) in [6.45, 7) is 0. The number of phenolic OH excluding ortho intramolecular Hbond substituents is 1. The first-order valence-electron chi connectivity index (χ1n) is 6.84. The van der Waals surface area contributed by atoms with E-state index in [1.807, 2.05) is 48.2 Å². The number of hydrogen-bond acceptors (Lipinski definition) is 4. The summed E-state index contributed by atoms with van der Waals surface area (Å²) in [6.07, 6.45) is 5.75. The molecule has 0 aliphatic heterocycles. The molecule has 6 heteroatoms. The van der Waals surface area contributed by atoms with Gasteiger partial charge in [0.2, 0.25) is 0 Å². The molecule has 0 fully saturated rings. The van der Waals surface area contributed by atoms with Crippen molar-refractivity contribution in [2.24, 2.45) is 7.05 Å². The van der Waals surface area contributed by atoms with Crippen LogP contribution in [0.25, 0.3) is 28.2 Å². The van der Waals surface area contributed by atoms with Gasteiger partial charge in [-0.2, -0.15) is 5.10 Å². The van der Waals surface area contributed by atoms with E-state index in [2.05, 4.69) is 15.3 Å². The van der Waals surface area contributed by atoms with Crippen LogP contribution in [0.15, 0.2) is 55.0 Å². The monoisotopic (exact) mass is 291 g/mol. The highest BCUT2D eigenvalue weighted by molar-refractivity contribution is 5.67. The largest absolute Gasteiger partial charge is 0.508 e. The number of aromatic hydroxyl groups is 1. The number of phenols is 1. The van der Waals surface area contributed by atoms with Gasteiger partial charge >= 0.3 is 0 Å². The maximum absolute atomic E-state index is 9.65. The van der Waals surface area contributed by atoms with Crippen molar-refractivity contribution in [1.82, 2.24) is 24.4 Å². The first-order valence-corrected chi connectivity index (χ1v) is 6.84. The predicted octanol–water partition coefficient (Wildman–Crippen LogP) is 2.50. The molecule has 0 amide bonds. The Balaban J connectivity index is 1.90. The van der Waals surface area contributed by atoms with Crippen molar-refractivity contribution in [1.29, 1.82) is 0 Å². The molecule has 0 atom stereocenters. The van der Waals surface area contributed by atoms with E-state index in [1.54, 1.807) is 22.9 Å². The van der Waals surface area contributed by atoms with Crippen LogP contribution >= 0.6 is 0 Å². The number of aromatic nitrogens is 5. The van der Waals surface area contributed by atoms with E-state index >= 15 is 0 Å². The van der Waals surface area contributed by atoms with Gasteiger partial charge < -0.3 is 5.11 Å². The molecule has 6 nitrogen and oxygen atoms in total. The van der Waals surface area contributed by atoms with E-state index in [4.69, 9.17) is 0 Å². The fraction of sp³-hybridized carbons (Fsp3) is 0.0625. The summed E-state index contributed by atoms with van der Waals surface area (Å²) in [4.78, 5) is 0. The zero-order valence-electron chi connectivity index (χ0n) is 11.9. The minimum Gasteiger partial charge on any atom is -0.508 e. The molecular weight excluding hydrogens is 278 g/mol. The third kappa shape index (κ3) is 2.01. The van der Waals surface area contributed by atoms with Gasteiger partial charge in [0, 0.05) is 36.1 Å². The number of benzene rings is 1. The summed E-state index contributed by atoms with van der Waals surface area (Å²) in [5.74, 6) is 0.898. The van der Waals surface area contributed by atoms with Crippen molar-refractivity contribution in [3.8, 4) is 28.3 Å². The molecule has 1 aromatic carbocycles. The lowest BCUT2D eigenvalue weighted by molar-refractivity contribution is 0.475. The van der Waals surface area contributed by atoms with Gasteiger partial charge in [0.15, 0.2) is 11.5 Å². The number of rotatable bonds is 2. The predicted molar refractivity (Wildman–Crippen MR) is 82.3 cm³/mol. The maximum Gasteiger partial charge on any atom is 0.168 e. The lowest BCUT2D eigenvalue weighted by atomic mass is 10.1. The third-order valence-electron chi connectivity index (χ3n) is 3.54. The van der Waals surface area contributed by atoms with Crippen LogP contribution in [-0.4, -0.2) is 29.5 Å². The molecule has 0 aliphatic carbocycles. The maximum atomic E-state index is 9.65. The minimum atomic E-state index is 0.206. The van der Waals surface area contributed by atoms with Crippen LogP contribution in [-0.2, 0) is 7.05 Å². The number of fused-ring (bicyclic) bond motifs is 1. The normalized spacial score (nSPS) is 11.1. The Morgan fingerprint density at radius 3 is 2.64 bits per heavy atom. The Kier molecular flexibility index (Phi) is 2.69. The number of nitrogens with zero attached hydrogens (tertiary/aromatic N) is 5. The van der Waals surface area contributed by atoms with E-state index in [0.717, 1.165) is 22.3 Å². The summed E-state index contributed by atoms with van der Waals surface area (Å²) in [5.41, 5.74) is 3.63. The molecule has 3 heterocycles. The summed E-state index contributed by atoms with van der Waals surface area (Å²) in [7, 11) is 1.89. The van der Waals surface area contributed by atoms with Crippen molar-refractivity contribution in [3.63, 3.8) is 0 Å². The highest BCUT2D eigenvalue weighted by Gasteiger charge is 2.10. The van der Waals surface area contributed by atoms with E-state index in [-0.39, 0.29) is 5.75 Å². The Labute approximate surface area is 126 Å². The van der Waals surface area contributed by atoms with Crippen molar-refractivity contribution >= 4 is 5.65 Å². The fourth-order valence-corrected chi connectivity index (χ4v) is 2.47. The summed E-state index contributed by atoms with van der Waals surface area (Å²) >= 11 is 0. The second-order valence-corrected chi connectivity index (χ2v) is 5.12. The average molecular weight is 291 g/mol. The second kappa shape index (κ2) is 4.70. The molecule has 108 valence electrons. The summed E-state index contributed by atoms with van der Waals surface area (Å²) < 4.78 is 3.68. The summed E-state index contributed by atoms with van der Waals surface area (Å²) in [5, 5.41) is 22.2. The van der Waals surface area contributed by atoms with Gasteiger partial charge in [-0.05, 0) is 24.3 Å². The SMILES string of the molecule is Cn1cc(-c2ccc3nnc(-c4cccc(O)c4)n3c2)cn1. The van der Waals surface area contributed by atoms with Crippen molar-refractivity contribution in [2.45, 2.75) is 0 Å². The quantitative estimate of drug-likeness (QED) is 0.616. The first-order chi connectivity index (χ1) is 10.7. The van der Waals surface area contributed by atoms with E-state index < -0.39 is 0 Å². The van der Waals surface area contributed by atoms with Crippen LogP contribution in [0.1, 0.15) is 0 Å². The van der Waals surface area contributed by atoms with Crippen LogP contribution in [0.3, 0.4) is 0 Å². The van der Waals surface area contributed by atoms with Gasteiger partial charge in [-0.1, -0.05) is 12.1 Å². The van der Waals surface area contributed by atoms with Crippen molar-refractivity contribution < 1.29 is 5.11 Å². The smallest absolute Gasteiger partial charge is 0.168 e. The van der Waals surface area contributed by atoms with Gasteiger partial charge in [0.1, 0.15) is 5.75 Å². The molecule has 4 rings (SSSR count). The molecule has 4 aromatic rings. The topological polar surface area (TPSA) is 68.2 Å². The van der Waals surface area contributed by atoms with E-state index in [1.165, 1.54) is 0 Å². The molecule has 22 heavy (non-hydrogen) atoms. The van der Waals surface area contributed by atoms with Gasteiger partial charge in [0.05, 0.1) is 6.20 Å². The number of aryl methyl sites for hydroxylation is 1. The molecular formula is C16H13N5O. The van der Waals surface area contributed by atoms with Gasteiger partial charge in [-0.25, -0.2) is 0 Å². The lowest BCUT2D eigenvalue weighted by Crippen LogP contribution is -1.90. The first kappa shape index (κ1) is 12.6. The molecule has 0 saturated carbocycles. The lowest BCUT2D eigenvalue weighted by Gasteiger charge is -2.03. The van der Waals surface area contributed by atoms with Crippen LogP contribution < -0.4 is 0 Å². The highest BCUT2D eigenvalue weighted by Crippen LogP contribution is 2.25. The zero-order valence-corrected chi connectivity index (χ0v) is 11.9. The Bertz CT molecular complexity index is 970. The zero-order chi connectivity index (χ0) is 15.1. The van der Waals surface area contributed by atoms with Crippen LogP contribution in [0.4, 0.5) is 0 Å². The molecule has 0 saturated heterocycles. The molecule has 0 unspecified atom stereocenters. The Morgan fingerprint density at radius 2 is 1.86 bits per heavy atom. The van der Waals surface area contributed by atoms with Crippen molar-refractivity contribution in [3.05, 3.63) is 55.0 Å². The van der Waals surface area contributed by atoms with Crippen LogP contribution in [0, 0.1) is 0 Å². The van der Waals surface area contributed by atoms with Gasteiger partial charge in [-0.3, -0.25) is 9.08 Å². The molecule has 0 radical (unpaired) electrons. The Morgan fingerprint density at radius 1 is 0.955 bits per heavy atom. The second-order valence-electron chi connectivity index (χ2n) is 5.12. The minimum absolute atomic E-state index is 0.206. The highest BCUT2D eigenvalue weighted by atomic mass is 16.3. The number of hydrogen-bond donors (Lipinski definition) is 1. The van der Waals surface area contributed by atoms with Crippen LogP contribution in [0.5, 0.6) is 5.75 Å².